The topological polar surface area (TPSA) is 0 Å². The van der Waals surface area contributed by atoms with Gasteiger partial charge in [-0.2, -0.15) is 0 Å². The molecule has 2 aromatic rings. The Morgan fingerprint density at radius 1 is 1.07 bits per heavy atom. The van der Waals surface area contributed by atoms with Crippen LogP contribution in [0.2, 0.25) is 0 Å². The van der Waals surface area contributed by atoms with Crippen LogP contribution in [-0.4, -0.2) is 0 Å². The molecule has 0 nitrogen and oxygen atoms in total. The number of benzene rings is 1. The van der Waals surface area contributed by atoms with Crippen LogP contribution in [-0.2, 0) is 0 Å². The maximum atomic E-state index is 2.22. The zero-order valence-corrected chi connectivity index (χ0v) is 8.92. The molecule has 70 valence electrons. The summed E-state index contributed by atoms with van der Waals surface area (Å²) in [5.41, 5.74) is 2.61. The minimum Gasteiger partial charge on any atom is -0.144 e. The van der Waals surface area contributed by atoms with Gasteiger partial charge in [0, 0.05) is 4.88 Å². The molecule has 1 aromatic heterocycles. The minimum atomic E-state index is 1.29. The monoisotopic (exact) mass is 200 g/mol. The average Bonchev–Trinajstić information content (AvgIpc) is 2.72. The molecule has 0 bridgehead atoms. The summed E-state index contributed by atoms with van der Waals surface area (Å²) < 4.78 is 0. The number of rotatable bonds is 2. The molecule has 14 heavy (non-hydrogen) atoms. The zero-order chi connectivity index (χ0) is 9.80. The van der Waals surface area contributed by atoms with Crippen molar-refractivity contribution in [2.45, 2.75) is 6.92 Å². The van der Waals surface area contributed by atoms with Crippen molar-refractivity contribution in [3.63, 3.8) is 0 Å². The van der Waals surface area contributed by atoms with Crippen LogP contribution in [0, 0.1) is 0 Å². The van der Waals surface area contributed by atoms with Crippen molar-refractivity contribution in [1.82, 2.24) is 0 Å². The first-order valence-electron chi connectivity index (χ1n) is 4.63. The number of hydrogen-bond donors (Lipinski definition) is 0. The second-order valence-corrected chi connectivity index (χ2v) is 4.19. The molecule has 0 unspecified atom stereocenters. The Kier molecular flexibility index (Phi) is 2.80. The molecule has 0 aliphatic rings. The Morgan fingerprint density at radius 2 is 1.86 bits per heavy atom. The molecule has 0 aliphatic heterocycles. The van der Waals surface area contributed by atoms with Crippen molar-refractivity contribution in [1.29, 1.82) is 0 Å². The van der Waals surface area contributed by atoms with Crippen LogP contribution in [0.15, 0.2) is 47.8 Å². The maximum absolute atomic E-state index is 2.22. The fourth-order valence-corrected chi connectivity index (χ4v) is 2.09. The van der Waals surface area contributed by atoms with Gasteiger partial charge in [-0.15, -0.1) is 11.3 Å². The first-order chi connectivity index (χ1) is 6.86. The molecule has 1 aromatic carbocycles. The first-order valence-corrected chi connectivity index (χ1v) is 5.51. The third-order valence-corrected chi connectivity index (χ3v) is 2.95. The van der Waals surface area contributed by atoms with Crippen LogP contribution in [0.5, 0.6) is 0 Å². The molecule has 2 rings (SSSR count). The lowest BCUT2D eigenvalue weighted by atomic mass is 10.1. The van der Waals surface area contributed by atoms with Crippen molar-refractivity contribution in [3.8, 4) is 0 Å². The van der Waals surface area contributed by atoms with Crippen LogP contribution in [0.3, 0.4) is 0 Å². The van der Waals surface area contributed by atoms with E-state index in [4.69, 9.17) is 0 Å². The molecular weight excluding hydrogens is 188 g/mol. The van der Waals surface area contributed by atoms with Crippen LogP contribution in [0.4, 0.5) is 0 Å². The molecule has 0 fully saturated rings. The summed E-state index contributed by atoms with van der Waals surface area (Å²) in [6.07, 6.45) is 2.22. The van der Waals surface area contributed by atoms with E-state index in [1.807, 2.05) is 6.07 Å². The van der Waals surface area contributed by atoms with Gasteiger partial charge in [0.1, 0.15) is 0 Å². The molecule has 0 radical (unpaired) electrons. The normalized spacial score (nSPS) is 11.6. The smallest absolute Gasteiger partial charge is 0.0273 e. The summed E-state index contributed by atoms with van der Waals surface area (Å²) in [5.74, 6) is 0. The van der Waals surface area contributed by atoms with Crippen LogP contribution >= 0.6 is 11.3 Å². The van der Waals surface area contributed by atoms with Gasteiger partial charge < -0.3 is 0 Å². The van der Waals surface area contributed by atoms with Gasteiger partial charge in [0.15, 0.2) is 0 Å². The molecule has 0 aliphatic carbocycles. The van der Waals surface area contributed by atoms with Crippen molar-refractivity contribution in [2.75, 3.05) is 0 Å². The Bertz CT molecular complexity index is 410. The van der Waals surface area contributed by atoms with Crippen LogP contribution in [0.1, 0.15) is 17.4 Å². The van der Waals surface area contributed by atoms with E-state index in [-0.39, 0.29) is 0 Å². The fraction of sp³-hybridized carbons (Fsp3) is 0.0769. The molecule has 0 spiro atoms. The number of thiophene rings is 1. The lowest BCUT2D eigenvalue weighted by Gasteiger charge is -1.99. The molecular formula is C13H12S. The lowest BCUT2D eigenvalue weighted by Crippen LogP contribution is -1.76. The molecule has 1 heteroatoms. The van der Waals surface area contributed by atoms with E-state index < -0.39 is 0 Å². The number of hydrogen-bond acceptors (Lipinski definition) is 1. The highest BCUT2D eigenvalue weighted by Crippen LogP contribution is 2.19. The van der Waals surface area contributed by atoms with Crippen molar-refractivity contribution in [3.05, 3.63) is 58.3 Å². The highest BCUT2D eigenvalue weighted by molar-refractivity contribution is 7.10. The lowest BCUT2D eigenvalue weighted by molar-refractivity contribution is 1.58. The predicted molar refractivity (Wildman–Crippen MR) is 64.3 cm³/mol. The van der Waals surface area contributed by atoms with E-state index in [1.165, 1.54) is 16.0 Å². The Balaban J connectivity index is 2.29. The van der Waals surface area contributed by atoms with Crippen molar-refractivity contribution >= 4 is 23.0 Å². The molecule has 0 N–H and O–H groups in total. The van der Waals surface area contributed by atoms with Gasteiger partial charge in [0.05, 0.1) is 0 Å². The van der Waals surface area contributed by atoms with E-state index in [0.717, 1.165) is 0 Å². The Morgan fingerprint density at radius 3 is 2.50 bits per heavy atom. The summed E-state index contributed by atoms with van der Waals surface area (Å²) in [5, 5.41) is 2.10. The summed E-state index contributed by atoms with van der Waals surface area (Å²) in [4.78, 5) is 1.31. The second kappa shape index (κ2) is 4.25. The van der Waals surface area contributed by atoms with Gasteiger partial charge in [-0.05, 0) is 35.6 Å². The second-order valence-electron chi connectivity index (χ2n) is 3.21. The third-order valence-electron chi connectivity index (χ3n) is 2.13. The summed E-state index contributed by atoms with van der Waals surface area (Å²) >= 11 is 1.77. The summed E-state index contributed by atoms with van der Waals surface area (Å²) in [6.45, 7) is 2.15. The summed E-state index contributed by atoms with van der Waals surface area (Å²) in [6, 6.07) is 14.7. The van der Waals surface area contributed by atoms with Crippen molar-refractivity contribution in [2.24, 2.45) is 0 Å². The van der Waals surface area contributed by atoms with E-state index >= 15 is 0 Å². The molecule has 0 atom stereocenters. The third kappa shape index (κ3) is 2.12. The molecule has 1 heterocycles. The van der Waals surface area contributed by atoms with Gasteiger partial charge >= 0.3 is 0 Å². The zero-order valence-electron chi connectivity index (χ0n) is 8.10. The fourth-order valence-electron chi connectivity index (χ4n) is 1.37. The van der Waals surface area contributed by atoms with Gasteiger partial charge in [-0.1, -0.05) is 36.4 Å². The van der Waals surface area contributed by atoms with Gasteiger partial charge in [0.2, 0.25) is 0 Å². The average molecular weight is 200 g/mol. The van der Waals surface area contributed by atoms with E-state index in [2.05, 4.69) is 54.8 Å². The molecule has 0 saturated heterocycles. The molecule has 0 amide bonds. The minimum absolute atomic E-state index is 1.29. The van der Waals surface area contributed by atoms with E-state index in [1.54, 1.807) is 11.3 Å². The van der Waals surface area contributed by atoms with E-state index in [9.17, 15) is 0 Å². The van der Waals surface area contributed by atoms with Crippen LogP contribution < -0.4 is 0 Å². The quantitative estimate of drug-likeness (QED) is 0.677. The SMILES string of the molecule is C/C(=C\c1cccs1)c1ccccc1. The van der Waals surface area contributed by atoms with Crippen molar-refractivity contribution < 1.29 is 0 Å². The highest BCUT2D eigenvalue weighted by Gasteiger charge is 1.94. The standard InChI is InChI=1S/C13H12S/c1-11(10-13-8-5-9-14-13)12-6-3-2-4-7-12/h2-10H,1H3/b11-10+. The largest absolute Gasteiger partial charge is 0.144 e. The first kappa shape index (κ1) is 9.22. The highest BCUT2D eigenvalue weighted by atomic mass is 32.1. The summed E-state index contributed by atoms with van der Waals surface area (Å²) in [7, 11) is 0. The Hall–Kier alpha value is -1.34. The Labute approximate surface area is 88.5 Å². The predicted octanol–water partition coefficient (Wildman–Crippen LogP) is 4.31. The van der Waals surface area contributed by atoms with Gasteiger partial charge in [-0.3, -0.25) is 0 Å². The van der Waals surface area contributed by atoms with E-state index in [0.29, 0.717) is 0 Å². The van der Waals surface area contributed by atoms with Gasteiger partial charge in [0.25, 0.3) is 0 Å². The van der Waals surface area contributed by atoms with Crippen LogP contribution in [0.25, 0.3) is 11.6 Å². The molecule has 0 saturated carbocycles. The number of allylic oxidation sites excluding steroid dienone is 1. The van der Waals surface area contributed by atoms with Gasteiger partial charge in [-0.25, -0.2) is 0 Å². The maximum Gasteiger partial charge on any atom is 0.0273 e.